The van der Waals surface area contributed by atoms with E-state index in [0.717, 1.165) is 16.7 Å². The summed E-state index contributed by atoms with van der Waals surface area (Å²) >= 11 is 0. The zero-order valence-electron chi connectivity index (χ0n) is 17.3. The summed E-state index contributed by atoms with van der Waals surface area (Å²) in [5.41, 5.74) is 0.960. The fourth-order valence-electron chi connectivity index (χ4n) is 3.07. The average molecular weight is 393 g/mol. The molecule has 0 aliphatic heterocycles. The molecular weight excluding hydrogens is 366 g/mol. The smallest absolute Gasteiger partial charge is 0.265 e. The number of rotatable bonds is 10. The van der Waals surface area contributed by atoms with Gasteiger partial charge in [-0.1, -0.05) is 60.2 Å². The molecule has 0 N–H and O–H groups in total. The topological polar surface area (TPSA) is 78.5 Å². The quantitative estimate of drug-likeness (QED) is 0.443. The van der Waals surface area contributed by atoms with E-state index >= 15 is 0 Å². The third kappa shape index (κ3) is 5.87. The normalized spacial score (nSPS) is 13.5. The SMILES string of the molecule is CCOC(C)OC(C#N)(C#N)C(c1ccc(C)cc1)N(C)OCc1ccccc1. The highest BCUT2D eigenvalue weighted by Crippen LogP contribution is 2.35. The first kappa shape index (κ1) is 22.5. The van der Waals surface area contributed by atoms with Crippen molar-refractivity contribution in [1.82, 2.24) is 5.06 Å². The van der Waals surface area contributed by atoms with Gasteiger partial charge in [0.1, 0.15) is 18.2 Å². The van der Waals surface area contributed by atoms with Crippen LogP contribution in [0.25, 0.3) is 0 Å². The first-order chi connectivity index (χ1) is 14.0. The Balaban J connectivity index is 2.38. The summed E-state index contributed by atoms with van der Waals surface area (Å²) in [6.45, 7) is 6.18. The lowest BCUT2D eigenvalue weighted by atomic mass is 9.89. The van der Waals surface area contributed by atoms with Crippen molar-refractivity contribution in [3.8, 4) is 12.1 Å². The molecule has 0 saturated carbocycles. The molecule has 2 aromatic rings. The lowest BCUT2D eigenvalue weighted by molar-refractivity contribution is -0.240. The second kappa shape index (κ2) is 10.7. The molecule has 0 aliphatic carbocycles. The van der Waals surface area contributed by atoms with E-state index in [1.54, 1.807) is 14.0 Å². The van der Waals surface area contributed by atoms with E-state index in [4.69, 9.17) is 14.3 Å². The Bertz CT molecular complexity index is 826. The molecule has 2 atom stereocenters. The minimum absolute atomic E-state index is 0.299. The largest absolute Gasteiger partial charge is 0.353 e. The molecule has 0 bridgehead atoms. The van der Waals surface area contributed by atoms with Crippen molar-refractivity contribution in [3.05, 3.63) is 71.3 Å². The zero-order valence-corrected chi connectivity index (χ0v) is 17.3. The van der Waals surface area contributed by atoms with Gasteiger partial charge < -0.3 is 9.47 Å². The summed E-state index contributed by atoms with van der Waals surface area (Å²) in [6, 6.07) is 20.6. The highest BCUT2D eigenvalue weighted by molar-refractivity contribution is 5.34. The minimum atomic E-state index is -1.82. The van der Waals surface area contributed by atoms with Gasteiger partial charge in [0.05, 0.1) is 6.61 Å². The Labute approximate surface area is 172 Å². The molecule has 6 nitrogen and oxygen atoms in total. The number of benzene rings is 2. The van der Waals surface area contributed by atoms with Crippen molar-refractivity contribution in [1.29, 1.82) is 10.5 Å². The molecule has 0 aliphatic rings. The van der Waals surface area contributed by atoms with E-state index in [1.165, 1.54) is 5.06 Å². The van der Waals surface area contributed by atoms with Crippen LogP contribution in [0.4, 0.5) is 0 Å². The van der Waals surface area contributed by atoms with Gasteiger partial charge in [0.2, 0.25) is 0 Å². The van der Waals surface area contributed by atoms with E-state index in [-0.39, 0.29) is 0 Å². The molecule has 2 rings (SSSR count). The van der Waals surface area contributed by atoms with Crippen molar-refractivity contribution < 1.29 is 14.3 Å². The van der Waals surface area contributed by atoms with Gasteiger partial charge in [0.15, 0.2) is 6.29 Å². The molecule has 152 valence electrons. The monoisotopic (exact) mass is 393 g/mol. The van der Waals surface area contributed by atoms with E-state index < -0.39 is 17.9 Å². The molecule has 2 aromatic carbocycles. The summed E-state index contributed by atoms with van der Waals surface area (Å²) in [5.74, 6) is 0. The van der Waals surface area contributed by atoms with Gasteiger partial charge in [-0.15, -0.1) is 0 Å². The van der Waals surface area contributed by atoms with Crippen LogP contribution in [0.15, 0.2) is 54.6 Å². The number of hydroxylamine groups is 2. The van der Waals surface area contributed by atoms with Gasteiger partial charge in [0, 0.05) is 13.7 Å². The number of aryl methyl sites for hydroxylation is 1. The summed E-state index contributed by atoms with van der Waals surface area (Å²) in [6.07, 6.45) is -0.727. The Morgan fingerprint density at radius 2 is 1.66 bits per heavy atom. The van der Waals surface area contributed by atoms with Crippen LogP contribution < -0.4 is 0 Å². The second-order valence-electron chi connectivity index (χ2n) is 6.72. The van der Waals surface area contributed by atoms with Gasteiger partial charge in [0.25, 0.3) is 5.60 Å². The number of nitriles is 2. The van der Waals surface area contributed by atoms with Crippen molar-refractivity contribution in [2.75, 3.05) is 13.7 Å². The summed E-state index contributed by atoms with van der Waals surface area (Å²) in [5, 5.41) is 21.5. The molecule has 0 saturated heterocycles. The fourth-order valence-corrected chi connectivity index (χ4v) is 3.07. The first-order valence-corrected chi connectivity index (χ1v) is 9.54. The maximum Gasteiger partial charge on any atom is 0.265 e. The zero-order chi connectivity index (χ0) is 21.3. The van der Waals surface area contributed by atoms with Crippen LogP contribution in [0.5, 0.6) is 0 Å². The maximum absolute atomic E-state index is 9.98. The first-order valence-electron chi connectivity index (χ1n) is 9.54. The Morgan fingerprint density at radius 3 is 2.21 bits per heavy atom. The average Bonchev–Trinajstić information content (AvgIpc) is 2.74. The summed E-state index contributed by atoms with van der Waals surface area (Å²) < 4.78 is 11.3. The Kier molecular flexibility index (Phi) is 8.33. The van der Waals surface area contributed by atoms with Gasteiger partial charge in [-0.25, -0.2) is 0 Å². The molecule has 0 spiro atoms. The molecule has 0 amide bonds. The Morgan fingerprint density at radius 1 is 1.03 bits per heavy atom. The molecule has 0 heterocycles. The van der Waals surface area contributed by atoms with Crippen molar-refractivity contribution in [2.24, 2.45) is 0 Å². The number of ether oxygens (including phenoxy) is 2. The molecule has 0 fully saturated rings. The van der Waals surface area contributed by atoms with Crippen LogP contribution in [0, 0.1) is 29.6 Å². The Hall–Kier alpha value is -2.74. The molecule has 0 radical (unpaired) electrons. The van der Waals surface area contributed by atoms with Crippen LogP contribution in [-0.2, 0) is 20.9 Å². The number of hydrogen-bond acceptors (Lipinski definition) is 6. The highest BCUT2D eigenvalue weighted by Gasteiger charge is 2.47. The van der Waals surface area contributed by atoms with Crippen molar-refractivity contribution >= 4 is 0 Å². The number of nitrogens with zero attached hydrogens (tertiary/aromatic N) is 3. The van der Waals surface area contributed by atoms with Gasteiger partial charge in [-0.3, -0.25) is 4.84 Å². The molecule has 6 heteroatoms. The minimum Gasteiger partial charge on any atom is -0.353 e. The number of hydrogen-bond donors (Lipinski definition) is 0. The van der Waals surface area contributed by atoms with Crippen LogP contribution >= 0.6 is 0 Å². The van der Waals surface area contributed by atoms with Crippen LogP contribution in [0.3, 0.4) is 0 Å². The second-order valence-corrected chi connectivity index (χ2v) is 6.72. The lowest BCUT2D eigenvalue weighted by Crippen LogP contribution is -2.47. The van der Waals surface area contributed by atoms with Crippen LogP contribution in [0.1, 0.15) is 36.6 Å². The predicted molar refractivity (Wildman–Crippen MR) is 109 cm³/mol. The van der Waals surface area contributed by atoms with E-state index in [1.807, 2.05) is 68.4 Å². The van der Waals surface area contributed by atoms with Crippen LogP contribution in [-0.4, -0.2) is 30.6 Å². The molecule has 29 heavy (non-hydrogen) atoms. The molecule has 2 unspecified atom stereocenters. The lowest BCUT2D eigenvalue weighted by Gasteiger charge is -2.36. The van der Waals surface area contributed by atoms with Crippen LogP contribution in [0.2, 0.25) is 0 Å². The fraction of sp³-hybridized carbons (Fsp3) is 0.391. The maximum atomic E-state index is 9.98. The van der Waals surface area contributed by atoms with Gasteiger partial charge >= 0.3 is 0 Å². The number of likely N-dealkylation sites (N-methyl/N-ethyl adjacent to an activating group) is 1. The molecular formula is C23H27N3O3. The third-order valence-corrected chi connectivity index (χ3v) is 4.50. The molecule has 0 aromatic heterocycles. The van der Waals surface area contributed by atoms with E-state index in [9.17, 15) is 10.5 Å². The van der Waals surface area contributed by atoms with Crippen molar-refractivity contribution in [2.45, 2.75) is 45.3 Å². The standard InChI is InChI=1S/C23H27N3O3/c1-5-27-19(3)29-23(16-24,17-25)22(21-13-11-18(2)12-14-21)26(4)28-15-20-9-7-6-8-10-20/h6-14,19,22H,5,15H2,1-4H3. The van der Waals surface area contributed by atoms with E-state index in [2.05, 4.69) is 12.1 Å². The summed E-state index contributed by atoms with van der Waals surface area (Å²) in [7, 11) is 1.70. The summed E-state index contributed by atoms with van der Waals surface area (Å²) in [4.78, 5) is 5.94. The predicted octanol–water partition coefficient (Wildman–Crippen LogP) is 4.28. The highest BCUT2D eigenvalue weighted by atomic mass is 16.7. The van der Waals surface area contributed by atoms with Crippen molar-refractivity contribution in [3.63, 3.8) is 0 Å². The third-order valence-electron chi connectivity index (χ3n) is 4.50. The van der Waals surface area contributed by atoms with E-state index in [0.29, 0.717) is 13.2 Å². The van der Waals surface area contributed by atoms with Gasteiger partial charge in [-0.2, -0.15) is 15.6 Å². The van der Waals surface area contributed by atoms with Gasteiger partial charge in [-0.05, 0) is 31.9 Å².